The summed E-state index contributed by atoms with van der Waals surface area (Å²) in [6, 6.07) is 10.0. The summed E-state index contributed by atoms with van der Waals surface area (Å²) in [6.45, 7) is 1.68. The molecule has 0 atom stereocenters. The van der Waals surface area contributed by atoms with Gasteiger partial charge in [-0.25, -0.2) is 4.98 Å². The van der Waals surface area contributed by atoms with E-state index in [1.807, 2.05) is 0 Å². The fourth-order valence-electron chi connectivity index (χ4n) is 2.38. The molecule has 0 saturated heterocycles. The molecule has 1 heterocycles. The summed E-state index contributed by atoms with van der Waals surface area (Å²) in [5.74, 6) is -0.517. The summed E-state index contributed by atoms with van der Waals surface area (Å²) in [5.41, 5.74) is 1.56. The average molecular weight is 384 g/mol. The molecular weight excluding hydrogens is 372 g/mol. The van der Waals surface area contributed by atoms with E-state index in [4.69, 9.17) is 0 Å². The SMILES string of the molecule is Cc1ccc([N+](=O)[O-])cc1C(=O)Nc1nc(-c2cccc([N+](=O)[O-])c2)cs1. The van der Waals surface area contributed by atoms with Gasteiger partial charge in [-0.3, -0.25) is 30.3 Å². The molecule has 9 nitrogen and oxygen atoms in total. The van der Waals surface area contributed by atoms with Crippen LogP contribution < -0.4 is 5.32 Å². The highest BCUT2D eigenvalue weighted by Crippen LogP contribution is 2.28. The molecule has 27 heavy (non-hydrogen) atoms. The lowest BCUT2D eigenvalue weighted by Crippen LogP contribution is -2.13. The van der Waals surface area contributed by atoms with Gasteiger partial charge < -0.3 is 0 Å². The van der Waals surface area contributed by atoms with Crippen LogP contribution in [0.1, 0.15) is 15.9 Å². The van der Waals surface area contributed by atoms with Gasteiger partial charge in [0.1, 0.15) is 0 Å². The predicted octanol–water partition coefficient (Wildman–Crippen LogP) is 4.19. The van der Waals surface area contributed by atoms with E-state index in [1.165, 1.54) is 30.3 Å². The second kappa shape index (κ2) is 7.30. The van der Waals surface area contributed by atoms with Gasteiger partial charge in [0.15, 0.2) is 5.13 Å². The zero-order chi connectivity index (χ0) is 19.6. The number of anilines is 1. The molecule has 1 N–H and O–H groups in total. The number of nitro benzene ring substituents is 2. The fraction of sp³-hybridized carbons (Fsp3) is 0.0588. The highest BCUT2D eigenvalue weighted by atomic mass is 32.1. The van der Waals surface area contributed by atoms with Crippen LogP contribution in [0, 0.1) is 27.2 Å². The number of nitrogens with one attached hydrogen (secondary N) is 1. The van der Waals surface area contributed by atoms with Crippen molar-refractivity contribution in [3.05, 3.63) is 79.2 Å². The summed E-state index contributed by atoms with van der Waals surface area (Å²) in [6.07, 6.45) is 0. The zero-order valence-corrected chi connectivity index (χ0v) is 14.7. The quantitative estimate of drug-likeness (QED) is 0.519. The Kier molecular flexibility index (Phi) is 4.90. The number of hydrogen-bond donors (Lipinski definition) is 1. The van der Waals surface area contributed by atoms with E-state index in [2.05, 4.69) is 10.3 Å². The largest absolute Gasteiger partial charge is 0.298 e. The number of carbonyl (C=O) groups excluding carboxylic acids is 1. The molecule has 0 radical (unpaired) electrons. The summed E-state index contributed by atoms with van der Waals surface area (Å²) < 4.78 is 0. The third-order valence-corrected chi connectivity index (χ3v) is 4.51. The lowest BCUT2D eigenvalue weighted by molar-refractivity contribution is -0.385. The van der Waals surface area contributed by atoms with Gasteiger partial charge in [-0.2, -0.15) is 0 Å². The van der Waals surface area contributed by atoms with Gasteiger partial charge in [0.2, 0.25) is 0 Å². The molecule has 1 aromatic heterocycles. The van der Waals surface area contributed by atoms with Gasteiger partial charge in [-0.15, -0.1) is 11.3 Å². The van der Waals surface area contributed by atoms with Gasteiger partial charge in [0.05, 0.1) is 15.5 Å². The molecule has 3 aromatic rings. The van der Waals surface area contributed by atoms with E-state index in [1.54, 1.807) is 24.4 Å². The molecule has 0 aliphatic rings. The molecular formula is C17H12N4O5S. The molecule has 0 spiro atoms. The minimum atomic E-state index is -0.569. The van der Waals surface area contributed by atoms with Crippen molar-refractivity contribution in [2.75, 3.05) is 5.32 Å². The van der Waals surface area contributed by atoms with Crippen molar-refractivity contribution in [1.29, 1.82) is 0 Å². The van der Waals surface area contributed by atoms with Crippen molar-refractivity contribution in [3.63, 3.8) is 0 Å². The van der Waals surface area contributed by atoms with E-state index in [-0.39, 0.29) is 22.1 Å². The molecule has 3 rings (SSSR count). The first-order valence-electron chi connectivity index (χ1n) is 7.62. The molecule has 0 aliphatic carbocycles. The monoisotopic (exact) mass is 384 g/mol. The Morgan fingerprint density at radius 1 is 1.07 bits per heavy atom. The number of aryl methyl sites for hydroxylation is 1. The smallest absolute Gasteiger partial charge is 0.270 e. The normalized spacial score (nSPS) is 10.4. The lowest BCUT2D eigenvalue weighted by Gasteiger charge is -2.05. The maximum absolute atomic E-state index is 12.4. The third-order valence-electron chi connectivity index (χ3n) is 3.75. The van der Waals surface area contributed by atoms with Crippen LogP contribution in [-0.2, 0) is 0 Å². The summed E-state index contributed by atoms with van der Waals surface area (Å²) in [7, 11) is 0. The summed E-state index contributed by atoms with van der Waals surface area (Å²) in [4.78, 5) is 37.4. The van der Waals surface area contributed by atoms with E-state index < -0.39 is 15.8 Å². The van der Waals surface area contributed by atoms with Crippen molar-refractivity contribution >= 4 is 33.8 Å². The second-order valence-corrected chi connectivity index (χ2v) is 6.41. The van der Waals surface area contributed by atoms with Crippen molar-refractivity contribution in [3.8, 4) is 11.3 Å². The van der Waals surface area contributed by atoms with Crippen LogP contribution in [0.2, 0.25) is 0 Å². The number of carbonyl (C=O) groups is 1. The topological polar surface area (TPSA) is 128 Å². The fourth-order valence-corrected chi connectivity index (χ4v) is 3.09. The number of thiazole rings is 1. The number of amides is 1. The van der Waals surface area contributed by atoms with Crippen molar-refractivity contribution in [2.45, 2.75) is 6.92 Å². The molecule has 136 valence electrons. The van der Waals surface area contributed by atoms with Crippen LogP contribution in [0.4, 0.5) is 16.5 Å². The maximum Gasteiger partial charge on any atom is 0.270 e. The van der Waals surface area contributed by atoms with Crippen LogP contribution in [0.15, 0.2) is 47.8 Å². The minimum Gasteiger partial charge on any atom is -0.298 e. The Balaban J connectivity index is 1.83. The number of benzene rings is 2. The Morgan fingerprint density at radius 3 is 2.48 bits per heavy atom. The number of non-ortho nitro benzene ring substituents is 2. The number of rotatable bonds is 5. The van der Waals surface area contributed by atoms with Gasteiger partial charge >= 0.3 is 0 Å². The average Bonchev–Trinajstić information content (AvgIpc) is 3.10. The van der Waals surface area contributed by atoms with E-state index in [9.17, 15) is 25.0 Å². The minimum absolute atomic E-state index is 0.0571. The van der Waals surface area contributed by atoms with Crippen LogP contribution in [0.25, 0.3) is 11.3 Å². The van der Waals surface area contributed by atoms with Gasteiger partial charge in [0, 0.05) is 40.8 Å². The van der Waals surface area contributed by atoms with Crippen LogP contribution in [0.3, 0.4) is 0 Å². The van der Waals surface area contributed by atoms with E-state index >= 15 is 0 Å². The first-order chi connectivity index (χ1) is 12.8. The van der Waals surface area contributed by atoms with Crippen molar-refractivity contribution < 1.29 is 14.6 Å². The number of aromatic nitrogens is 1. The Morgan fingerprint density at radius 2 is 1.78 bits per heavy atom. The molecule has 1 amide bonds. The molecule has 0 aliphatic heterocycles. The van der Waals surface area contributed by atoms with Crippen molar-refractivity contribution in [2.24, 2.45) is 0 Å². The molecule has 0 fully saturated rings. The third kappa shape index (κ3) is 3.96. The van der Waals surface area contributed by atoms with Gasteiger partial charge in [0.25, 0.3) is 17.3 Å². The van der Waals surface area contributed by atoms with Crippen LogP contribution in [-0.4, -0.2) is 20.7 Å². The van der Waals surface area contributed by atoms with Crippen LogP contribution >= 0.6 is 11.3 Å². The van der Waals surface area contributed by atoms with Crippen LogP contribution in [0.5, 0.6) is 0 Å². The van der Waals surface area contributed by atoms with Gasteiger partial charge in [-0.1, -0.05) is 18.2 Å². The second-order valence-electron chi connectivity index (χ2n) is 5.56. The lowest BCUT2D eigenvalue weighted by atomic mass is 10.1. The summed E-state index contributed by atoms with van der Waals surface area (Å²) >= 11 is 1.15. The zero-order valence-electron chi connectivity index (χ0n) is 13.9. The van der Waals surface area contributed by atoms with Crippen molar-refractivity contribution in [1.82, 2.24) is 4.98 Å². The maximum atomic E-state index is 12.4. The van der Waals surface area contributed by atoms with E-state index in [0.717, 1.165) is 11.3 Å². The highest BCUT2D eigenvalue weighted by Gasteiger charge is 2.17. The molecule has 0 saturated carbocycles. The van der Waals surface area contributed by atoms with Gasteiger partial charge in [-0.05, 0) is 12.5 Å². The Hall–Kier alpha value is -3.66. The molecule has 0 bridgehead atoms. The molecule has 0 unspecified atom stereocenters. The number of hydrogen-bond acceptors (Lipinski definition) is 7. The summed E-state index contributed by atoms with van der Waals surface area (Å²) in [5, 5.41) is 26.3. The Labute approximate surface area is 156 Å². The molecule has 10 heteroatoms. The first kappa shape index (κ1) is 18.1. The number of nitrogens with zero attached hydrogens (tertiary/aromatic N) is 3. The Bertz CT molecular complexity index is 1060. The van der Waals surface area contributed by atoms with E-state index in [0.29, 0.717) is 16.8 Å². The first-order valence-corrected chi connectivity index (χ1v) is 8.50. The highest BCUT2D eigenvalue weighted by molar-refractivity contribution is 7.14. The molecule has 2 aromatic carbocycles. The predicted molar refractivity (Wildman–Crippen MR) is 100.0 cm³/mol. The number of nitro groups is 2. The standard InChI is InChI=1S/C17H12N4O5S/c1-10-5-6-13(21(25)26)8-14(10)16(22)19-17-18-15(9-27-17)11-3-2-4-12(7-11)20(23)24/h2-9H,1H3,(H,18,19,22).